The van der Waals surface area contributed by atoms with Gasteiger partial charge in [-0.2, -0.15) is 0 Å². The van der Waals surface area contributed by atoms with Crippen LogP contribution in [0.5, 0.6) is 0 Å². The lowest BCUT2D eigenvalue weighted by atomic mass is 10.0. The van der Waals surface area contributed by atoms with E-state index in [1.54, 1.807) is 0 Å². The van der Waals surface area contributed by atoms with Crippen molar-refractivity contribution in [2.75, 3.05) is 13.2 Å². The smallest absolute Gasteiger partial charge is 0.0531 e. The van der Waals surface area contributed by atoms with E-state index < -0.39 is 0 Å². The number of hydrogen-bond acceptors (Lipinski definition) is 1. The summed E-state index contributed by atoms with van der Waals surface area (Å²) in [6.07, 6.45) is 0. The SMILES string of the molecule is CCOCC(C)c1ccc(Br)cc1. The Hall–Kier alpha value is -0.340. The van der Waals surface area contributed by atoms with Gasteiger partial charge in [-0.25, -0.2) is 0 Å². The third-order valence-corrected chi connectivity index (χ3v) is 2.54. The van der Waals surface area contributed by atoms with Crippen molar-refractivity contribution >= 4 is 15.9 Å². The monoisotopic (exact) mass is 242 g/mol. The largest absolute Gasteiger partial charge is 0.381 e. The topological polar surface area (TPSA) is 9.23 Å². The van der Waals surface area contributed by atoms with Crippen LogP contribution in [0.15, 0.2) is 28.7 Å². The lowest BCUT2D eigenvalue weighted by Gasteiger charge is -2.11. The molecule has 1 aromatic carbocycles. The Morgan fingerprint density at radius 3 is 2.46 bits per heavy atom. The minimum atomic E-state index is 0.480. The molecule has 0 fully saturated rings. The molecule has 1 nitrogen and oxygen atoms in total. The molecule has 0 amide bonds. The molecule has 72 valence electrons. The predicted molar refractivity (Wildman–Crippen MR) is 59.1 cm³/mol. The molecule has 0 aliphatic carbocycles. The average molecular weight is 243 g/mol. The minimum Gasteiger partial charge on any atom is -0.381 e. The van der Waals surface area contributed by atoms with Crippen LogP contribution < -0.4 is 0 Å². The second-order valence-corrected chi connectivity index (χ2v) is 4.03. The molecule has 13 heavy (non-hydrogen) atoms. The second-order valence-electron chi connectivity index (χ2n) is 3.11. The first-order valence-electron chi connectivity index (χ1n) is 4.57. The molecule has 2 heteroatoms. The Kier molecular flexibility index (Phi) is 4.46. The van der Waals surface area contributed by atoms with Crippen LogP contribution in [0.2, 0.25) is 0 Å². The van der Waals surface area contributed by atoms with Gasteiger partial charge in [0.15, 0.2) is 0 Å². The summed E-state index contributed by atoms with van der Waals surface area (Å²) in [5.74, 6) is 0.480. The van der Waals surface area contributed by atoms with Gasteiger partial charge >= 0.3 is 0 Å². The first-order chi connectivity index (χ1) is 6.24. The molecule has 0 N–H and O–H groups in total. The van der Waals surface area contributed by atoms with E-state index >= 15 is 0 Å². The van der Waals surface area contributed by atoms with Gasteiger partial charge in [-0.3, -0.25) is 0 Å². The van der Waals surface area contributed by atoms with Gasteiger partial charge in [0.2, 0.25) is 0 Å². The van der Waals surface area contributed by atoms with Crippen molar-refractivity contribution in [2.45, 2.75) is 19.8 Å². The number of benzene rings is 1. The van der Waals surface area contributed by atoms with E-state index in [4.69, 9.17) is 4.74 Å². The molecule has 0 saturated heterocycles. The zero-order valence-corrected chi connectivity index (χ0v) is 9.67. The molecule has 0 aliphatic rings. The fraction of sp³-hybridized carbons (Fsp3) is 0.455. The molecule has 0 aliphatic heterocycles. The van der Waals surface area contributed by atoms with E-state index in [0.717, 1.165) is 17.7 Å². The standard InChI is InChI=1S/C11H15BrO/c1-3-13-8-9(2)10-4-6-11(12)7-5-10/h4-7,9H,3,8H2,1-2H3. The number of ether oxygens (including phenoxy) is 1. The van der Waals surface area contributed by atoms with Crippen molar-refractivity contribution in [3.8, 4) is 0 Å². The molecule has 0 radical (unpaired) electrons. The van der Waals surface area contributed by atoms with Crippen molar-refractivity contribution in [1.82, 2.24) is 0 Å². The molecule has 1 aromatic rings. The fourth-order valence-electron chi connectivity index (χ4n) is 1.18. The van der Waals surface area contributed by atoms with Crippen LogP contribution in [0.1, 0.15) is 25.3 Å². The number of rotatable bonds is 4. The highest BCUT2D eigenvalue weighted by Gasteiger charge is 2.04. The van der Waals surface area contributed by atoms with Crippen LogP contribution >= 0.6 is 15.9 Å². The quantitative estimate of drug-likeness (QED) is 0.785. The highest BCUT2D eigenvalue weighted by atomic mass is 79.9. The summed E-state index contributed by atoms with van der Waals surface area (Å²) in [6, 6.07) is 8.40. The summed E-state index contributed by atoms with van der Waals surface area (Å²) >= 11 is 3.42. The Bertz CT molecular complexity index is 243. The Morgan fingerprint density at radius 1 is 1.31 bits per heavy atom. The molecular formula is C11H15BrO. The summed E-state index contributed by atoms with van der Waals surface area (Å²) in [6.45, 7) is 5.80. The number of hydrogen-bond donors (Lipinski definition) is 0. The van der Waals surface area contributed by atoms with Crippen LogP contribution in [-0.2, 0) is 4.74 Å². The highest BCUT2D eigenvalue weighted by Crippen LogP contribution is 2.18. The van der Waals surface area contributed by atoms with Gasteiger partial charge in [0.25, 0.3) is 0 Å². The third kappa shape index (κ3) is 3.49. The summed E-state index contributed by atoms with van der Waals surface area (Å²) in [7, 11) is 0. The fourth-order valence-corrected chi connectivity index (χ4v) is 1.45. The first-order valence-corrected chi connectivity index (χ1v) is 5.36. The lowest BCUT2D eigenvalue weighted by molar-refractivity contribution is 0.136. The summed E-state index contributed by atoms with van der Waals surface area (Å²) < 4.78 is 6.49. The Morgan fingerprint density at radius 2 is 1.92 bits per heavy atom. The molecule has 0 spiro atoms. The normalized spacial score (nSPS) is 12.8. The Labute approximate surface area is 88.2 Å². The molecule has 0 bridgehead atoms. The zero-order valence-electron chi connectivity index (χ0n) is 8.09. The van der Waals surface area contributed by atoms with Gasteiger partial charge in [0.1, 0.15) is 0 Å². The number of halogens is 1. The van der Waals surface area contributed by atoms with Crippen LogP contribution in [-0.4, -0.2) is 13.2 Å². The van der Waals surface area contributed by atoms with Crippen molar-refractivity contribution in [1.29, 1.82) is 0 Å². The predicted octanol–water partition coefficient (Wildman–Crippen LogP) is 3.59. The minimum absolute atomic E-state index is 0.480. The van der Waals surface area contributed by atoms with Gasteiger partial charge in [-0.05, 0) is 24.6 Å². The summed E-state index contributed by atoms with van der Waals surface area (Å²) in [4.78, 5) is 0. The van der Waals surface area contributed by atoms with E-state index in [9.17, 15) is 0 Å². The van der Waals surface area contributed by atoms with Crippen molar-refractivity contribution in [2.24, 2.45) is 0 Å². The maximum atomic E-state index is 5.37. The van der Waals surface area contributed by atoms with Gasteiger partial charge in [0.05, 0.1) is 6.61 Å². The van der Waals surface area contributed by atoms with Crippen molar-refractivity contribution < 1.29 is 4.74 Å². The molecule has 1 atom stereocenters. The summed E-state index contributed by atoms with van der Waals surface area (Å²) in [5, 5.41) is 0. The van der Waals surface area contributed by atoms with E-state index in [1.807, 2.05) is 6.92 Å². The lowest BCUT2D eigenvalue weighted by Crippen LogP contribution is -2.03. The van der Waals surface area contributed by atoms with E-state index in [-0.39, 0.29) is 0 Å². The van der Waals surface area contributed by atoms with Crippen molar-refractivity contribution in [3.05, 3.63) is 34.3 Å². The van der Waals surface area contributed by atoms with Crippen LogP contribution in [0, 0.1) is 0 Å². The van der Waals surface area contributed by atoms with Crippen molar-refractivity contribution in [3.63, 3.8) is 0 Å². The molecule has 1 unspecified atom stereocenters. The van der Waals surface area contributed by atoms with E-state index in [2.05, 4.69) is 47.1 Å². The van der Waals surface area contributed by atoms with Crippen LogP contribution in [0.3, 0.4) is 0 Å². The van der Waals surface area contributed by atoms with E-state index in [0.29, 0.717) is 5.92 Å². The third-order valence-electron chi connectivity index (χ3n) is 2.01. The average Bonchev–Trinajstić information content (AvgIpc) is 2.15. The van der Waals surface area contributed by atoms with Gasteiger partial charge in [-0.1, -0.05) is 35.0 Å². The van der Waals surface area contributed by atoms with Crippen LogP contribution in [0.25, 0.3) is 0 Å². The molecule has 0 aromatic heterocycles. The van der Waals surface area contributed by atoms with Crippen LogP contribution in [0.4, 0.5) is 0 Å². The molecule has 1 rings (SSSR count). The highest BCUT2D eigenvalue weighted by molar-refractivity contribution is 9.10. The molecule has 0 saturated carbocycles. The van der Waals surface area contributed by atoms with Gasteiger partial charge in [-0.15, -0.1) is 0 Å². The maximum absolute atomic E-state index is 5.37. The molecular weight excluding hydrogens is 228 g/mol. The Balaban J connectivity index is 2.55. The second kappa shape index (κ2) is 5.40. The first kappa shape index (κ1) is 10.7. The maximum Gasteiger partial charge on any atom is 0.0531 e. The zero-order chi connectivity index (χ0) is 9.68. The van der Waals surface area contributed by atoms with Gasteiger partial charge in [0, 0.05) is 17.0 Å². The summed E-state index contributed by atoms with van der Waals surface area (Å²) in [5.41, 5.74) is 1.33. The molecule has 0 heterocycles. The van der Waals surface area contributed by atoms with Gasteiger partial charge < -0.3 is 4.74 Å². The van der Waals surface area contributed by atoms with E-state index in [1.165, 1.54) is 5.56 Å².